The fraction of sp³-hybridized carbons (Fsp3) is 0.387. The minimum Gasteiger partial charge on any atom is -0.481 e. The van der Waals surface area contributed by atoms with Crippen LogP contribution in [0.1, 0.15) is 40.9 Å². The molecule has 2 N–H and O–H groups in total. The number of hydrogen-bond donors (Lipinski definition) is 2. The topological polar surface area (TPSA) is 93.2 Å². The fourth-order valence-electron chi connectivity index (χ4n) is 4.64. The molecule has 0 spiro atoms. The molecule has 2 amide bonds. The summed E-state index contributed by atoms with van der Waals surface area (Å²) in [6.45, 7) is 2.38. The first-order valence-electron chi connectivity index (χ1n) is 13.7. The van der Waals surface area contributed by atoms with E-state index >= 15 is 0 Å². The van der Waals surface area contributed by atoms with Crippen LogP contribution in [0.25, 0.3) is 11.1 Å². The zero-order valence-electron chi connectivity index (χ0n) is 23.4. The van der Waals surface area contributed by atoms with Crippen LogP contribution >= 0.6 is 11.3 Å². The van der Waals surface area contributed by atoms with Crippen molar-refractivity contribution in [1.82, 2.24) is 9.80 Å². The van der Waals surface area contributed by atoms with E-state index < -0.39 is 5.97 Å². The van der Waals surface area contributed by atoms with Crippen molar-refractivity contribution in [2.75, 3.05) is 51.0 Å². The van der Waals surface area contributed by atoms with Crippen LogP contribution in [-0.4, -0.2) is 73.5 Å². The Balaban J connectivity index is 1.58. The molecule has 1 aliphatic carbocycles. The Kier molecular flexibility index (Phi) is 9.95. The third-order valence-corrected chi connectivity index (χ3v) is 7.84. The number of rotatable bonds is 14. The smallest absolute Gasteiger partial charge is 0.305 e. The van der Waals surface area contributed by atoms with Crippen LogP contribution in [0.4, 0.5) is 11.4 Å². The molecule has 0 unspecified atom stereocenters. The second-order valence-electron chi connectivity index (χ2n) is 10.6. The molecule has 1 aliphatic rings. The number of benzene rings is 2. The molecule has 3 aromatic rings. The van der Waals surface area contributed by atoms with Crippen molar-refractivity contribution in [3.63, 3.8) is 0 Å². The van der Waals surface area contributed by atoms with E-state index in [1.165, 1.54) is 11.3 Å². The average molecular weight is 563 g/mol. The Labute approximate surface area is 240 Å². The van der Waals surface area contributed by atoms with Crippen molar-refractivity contribution < 1.29 is 19.5 Å². The quantitative estimate of drug-likeness (QED) is 0.278. The number of carbonyl (C=O) groups excluding carboxylic acids is 2. The predicted octanol–water partition coefficient (Wildman–Crippen LogP) is 5.27. The number of aliphatic carboxylic acids is 1. The molecule has 0 radical (unpaired) electrons. The van der Waals surface area contributed by atoms with Crippen molar-refractivity contribution in [3.05, 3.63) is 70.4 Å². The lowest BCUT2D eigenvalue weighted by molar-refractivity contribution is -0.139. The number of carbonyl (C=O) groups is 3. The molecule has 1 aromatic heterocycles. The van der Waals surface area contributed by atoms with Crippen LogP contribution in [0, 0.1) is 5.92 Å². The summed E-state index contributed by atoms with van der Waals surface area (Å²) in [4.78, 5) is 43.6. The summed E-state index contributed by atoms with van der Waals surface area (Å²) in [6.07, 6.45) is 2.66. The lowest BCUT2D eigenvalue weighted by Crippen LogP contribution is -2.33. The number of nitrogens with one attached hydrogen (secondary N) is 1. The molecule has 0 saturated heterocycles. The van der Waals surface area contributed by atoms with Gasteiger partial charge in [0.05, 0.1) is 22.7 Å². The third-order valence-electron chi connectivity index (χ3n) is 6.97. The Morgan fingerprint density at radius 2 is 1.73 bits per heavy atom. The molecule has 0 atom stereocenters. The Morgan fingerprint density at radius 3 is 2.40 bits per heavy atom. The summed E-state index contributed by atoms with van der Waals surface area (Å²) in [7, 11) is 6.15. The van der Waals surface area contributed by atoms with E-state index in [1.807, 2.05) is 61.0 Å². The fourth-order valence-corrected chi connectivity index (χ4v) is 5.26. The van der Waals surface area contributed by atoms with E-state index in [0.29, 0.717) is 11.4 Å². The van der Waals surface area contributed by atoms with Gasteiger partial charge in [0.1, 0.15) is 0 Å². The third kappa shape index (κ3) is 8.16. The maximum Gasteiger partial charge on any atom is 0.305 e. The van der Waals surface area contributed by atoms with Gasteiger partial charge >= 0.3 is 5.97 Å². The normalized spacial score (nSPS) is 12.8. The van der Waals surface area contributed by atoms with Crippen LogP contribution in [0.2, 0.25) is 0 Å². The van der Waals surface area contributed by atoms with E-state index in [0.717, 1.165) is 60.4 Å². The molecule has 0 aliphatic heterocycles. The molecule has 212 valence electrons. The number of thiophene rings is 1. The van der Waals surface area contributed by atoms with E-state index in [4.69, 9.17) is 5.11 Å². The van der Waals surface area contributed by atoms with Gasteiger partial charge in [-0.15, -0.1) is 11.3 Å². The van der Waals surface area contributed by atoms with E-state index in [2.05, 4.69) is 35.3 Å². The predicted molar refractivity (Wildman–Crippen MR) is 161 cm³/mol. The molecule has 1 heterocycles. The van der Waals surface area contributed by atoms with Gasteiger partial charge in [-0.1, -0.05) is 30.3 Å². The van der Waals surface area contributed by atoms with E-state index in [9.17, 15) is 14.4 Å². The zero-order chi connectivity index (χ0) is 28.6. The molecule has 2 aromatic carbocycles. The molecule has 1 fully saturated rings. The van der Waals surface area contributed by atoms with Gasteiger partial charge in [0.2, 0.25) is 5.91 Å². The standard InChI is InChI=1S/C31H38N4O4S/c1-33(2)15-6-16-34(3)27-13-12-25(20-26(27)32-30(38)28-9-5-18-40-28)24-8-4-7-22(19-24)21-35(17-14-29(36)37)31(39)23-10-11-23/h4-5,7-9,12-13,18-20,23H,6,10-11,14-17,21H2,1-3H3,(H,32,38)(H,36,37). The summed E-state index contributed by atoms with van der Waals surface area (Å²) >= 11 is 1.40. The van der Waals surface area contributed by atoms with Crippen LogP contribution in [-0.2, 0) is 16.1 Å². The van der Waals surface area contributed by atoms with Crippen molar-refractivity contribution in [3.8, 4) is 11.1 Å². The van der Waals surface area contributed by atoms with Crippen molar-refractivity contribution in [2.24, 2.45) is 5.92 Å². The molecular formula is C31H38N4O4S. The number of nitrogens with zero attached hydrogens (tertiary/aromatic N) is 3. The lowest BCUT2D eigenvalue weighted by Gasteiger charge is -2.24. The molecule has 9 heteroatoms. The molecule has 4 rings (SSSR count). The largest absolute Gasteiger partial charge is 0.481 e. The summed E-state index contributed by atoms with van der Waals surface area (Å²) in [5.74, 6) is -0.997. The highest BCUT2D eigenvalue weighted by Crippen LogP contribution is 2.34. The number of carboxylic acids is 1. The number of anilines is 2. The second-order valence-corrected chi connectivity index (χ2v) is 11.6. The van der Waals surface area contributed by atoms with Crippen molar-refractivity contribution in [1.29, 1.82) is 0 Å². The summed E-state index contributed by atoms with van der Waals surface area (Å²) in [6, 6.07) is 17.7. The monoisotopic (exact) mass is 562 g/mol. The maximum atomic E-state index is 13.0. The van der Waals surface area contributed by atoms with Crippen molar-refractivity contribution in [2.45, 2.75) is 32.2 Å². The first kappa shape index (κ1) is 29.3. The molecule has 40 heavy (non-hydrogen) atoms. The van der Waals surface area contributed by atoms with Gasteiger partial charge in [-0.25, -0.2) is 0 Å². The first-order chi connectivity index (χ1) is 19.2. The summed E-state index contributed by atoms with van der Waals surface area (Å²) in [5, 5.41) is 14.2. The lowest BCUT2D eigenvalue weighted by atomic mass is 10.0. The van der Waals surface area contributed by atoms with Crippen LogP contribution in [0.15, 0.2) is 60.0 Å². The van der Waals surface area contributed by atoms with Crippen molar-refractivity contribution >= 4 is 40.5 Å². The van der Waals surface area contributed by atoms with Gasteiger partial charge < -0.3 is 25.1 Å². The molecule has 0 bridgehead atoms. The zero-order valence-corrected chi connectivity index (χ0v) is 24.2. The molecular weight excluding hydrogens is 524 g/mol. The van der Waals surface area contributed by atoms with Gasteiger partial charge in [0, 0.05) is 32.6 Å². The maximum absolute atomic E-state index is 13.0. The second kappa shape index (κ2) is 13.6. The number of hydrogen-bond acceptors (Lipinski definition) is 6. The van der Waals surface area contributed by atoms with Gasteiger partial charge in [-0.3, -0.25) is 14.4 Å². The van der Waals surface area contributed by atoms with Gasteiger partial charge in [0.25, 0.3) is 5.91 Å². The van der Waals surface area contributed by atoms with Gasteiger partial charge in [-0.05, 0) is 86.2 Å². The van der Waals surface area contributed by atoms with Crippen LogP contribution < -0.4 is 10.2 Å². The summed E-state index contributed by atoms with van der Waals surface area (Å²) < 4.78 is 0. The Hall–Kier alpha value is -3.69. The van der Waals surface area contributed by atoms with Gasteiger partial charge in [-0.2, -0.15) is 0 Å². The molecule has 1 saturated carbocycles. The van der Waals surface area contributed by atoms with Crippen LogP contribution in [0.5, 0.6) is 0 Å². The summed E-state index contributed by atoms with van der Waals surface area (Å²) in [5.41, 5.74) is 4.52. The van der Waals surface area contributed by atoms with Gasteiger partial charge in [0.15, 0.2) is 0 Å². The minimum absolute atomic E-state index is 0.0220. The highest BCUT2D eigenvalue weighted by Gasteiger charge is 2.33. The highest BCUT2D eigenvalue weighted by molar-refractivity contribution is 7.12. The van der Waals surface area contributed by atoms with Crippen LogP contribution in [0.3, 0.4) is 0 Å². The first-order valence-corrected chi connectivity index (χ1v) is 14.5. The Morgan fingerprint density at radius 1 is 0.950 bits per heavy atom. The minimum atomic E-state index is -0.911. The van der Waals surface area contributed by atoms with E-state index in [1.54, 1.807) is 4.90 Å². The number of amides is 2. The van der Waals surface area contributed by atoms with E-state index in [-0.39, 0.29) is 30.7 Å². The average Bonchev–Trinajstić information content (AvgIpc) is 3.63. The SMILES string of the molecule is CN(C)CCCN(C)c1ccc(-c2cccc(CN(CCC(=O)O)C(=O)C3CC3)c2)cc1NC(=O)c1cccs1. The Bertz CT molecular complexity index is 1320. The molecule has 8 nitrogen and oxygen atoms in total. The number of carboxylic acid groups (broad SMARTS) is 1. The highest BCUT2D eigenvalue weighted by atomic mass is 32.1.